The molecule has 1 unspecified atom stereocenters. The van der Waals surface area contributed by atoms with Crippen LogP contribution in [0.15, 0.2) is 58.5 Å². The van der Waals surface area contributed by atoms with Crippen molar-refractivity contribution < 1.29 is 9.47 Å². The largest absolute Gasteiger partial charge is 0.474 e. The van der Waals surface area contributed by atoms with Gasteiger partial charge in [-0.25, -0.2) is 9.98 Å². The van der Waals surface area contributed by atoms with Gasteiger partial charge in [-0.3, -0.25) is 0 Å². The third-order valence-electron chi connectivity index (χ3n) is 5.99. The molecule has 2 aromatic carbocycles. The first kappa shape index (κ1) is 15.8. The molecule has 0 bridgehead atoms. The van der Waals surface area contributed by atoms with Crippen LogP contribution in [0.2, 0.25) is 0 Å². The lowest BCUT2D eigenvalue weighted by molar-refractivity contribution is 0.204. The summed E-state index contributed by atoms with van der Waals surface area (Å²) in [6.07, 6.45) is 4.16. The van der Waals surface area contributed by atoms with E-state index in [1.807, 2.05) is 0 Å². The molecule has 0 saturated carbocycles. The van der Waals surface area contributed by atoms with E-state index in [0.717, 1.165) is 37.0 Å². The highest BCUT2D eigenvalue weighted by atomic mass is 31.1. The summed E-state index contributed by atoms with van der Waals surface area (Å²) in [6, 6.07) is 17.6. The number of hydrogen-bond acceptors (Lipinski definition) is 4. The second-order valence-electron chi connectivity index (χ2n) is 7.66. The molecule has 4 aliphatic rings. The highest BCUT2D eigenvalue weighted by molar-refractivity contribution is 7.40. The number of benzene rings is 2. The molecular weight excluding hydrogens is 355 g/mol. The van der Waals surface area contributed by atoms with Crippen molar-refractivity contribution in [1.29, 1.82) is 0 Å². The fraction of sp³-hybridized carbons (Fsp3) is 0.364. The summed E-state index contributed by atoms with van der Waals surface area (Å²) in [5, 5.41) is 0. The van der Waals surface area contributed by atoms with Crippen molar-refractivity contribution in [3.8, 4) is 0 Å². The van der Waals surface area contributed by atoms with Gasteiger partial charge in [0.2, 0.25) is 0 Å². The molecule has 5 heteroatoms. The summed E-state index contributed by atoms with van der Waals surface area (Å²) in [5.74, 6) is 1.84. The molecule has 0 radical (unpaired) electrons. The van der Waals surface area contributed by atoms with Crippen LogP contribution in [0.5, 0.6) is 0 Å². The predicted molar refractivity (Wildman–Crippen MR) is 108 cm³/mol. The van der Waals surface area contributed by atoms with Crippen molar-refractivity contribution in [2.45, 2.75) is 37.1 Å². The van der Waals surface area contributed by atoms with Gasteiger partial charge in [0, 0.05) is 25.2 Å². The Morgan fingerprint density at radius 1 is 0.741 bits per heavy atom. The van der Waals surface area contributed by atoms with E-state index in [2.05, 4.69) is 48.5 Å². The molecule has 2 aromatic rings. The molecule has 0 N–H and O–H groups in total. The van der Waals surface area contributed by atoms with E-state index in [1.54, 1.807) is 0 Å². The van der Waals surface area contributed by atoms with E-state index in [4.69, 9.17) is 19.5 Å². The van der Waals surface area contributed by atoms with Crippen molar-refractivity contribution in [2.75, 3.05) is 12.3 Å². The second kappa shape index (κ2) is 6.17. The van der Waals surface area contributed by atoms with Crippen molar-refractivity contribution in [1.82, 2.24) is 0 Å². The third kappa shape index (κ3) is 2.62. The number of rotatable bonds is 4. The monoisotopic (exact) mass is 376 g/mol. The standard InChI is InChI=1S/C22H21N2O2P/c1-3-7-15-13(5-1)9-17-21(15)23-19(25-17)11-27-12-20-24-22-16-8-4-2-6-14(16)10-18(22)26-20/h1-8,17-18,21-22,27H,9-12H2/t17-,18+,21+,22-. The third-order valence-corrected chi connectivity index (χ3v) is 7.09. The average molecular weight is 376 g/mol. The minimum Gasteiger partial charge on any atom is -0.474 e. The maximum Gasteiger partial charge on any atom is 0.188 e. The van der Waals surface area contributed by atoms with Crippen LogP contribution in [0, 0.1) is 0 Å². The summed E-state index contributed by atoms with van der Waals surface area (Å²) in [7, 11) is 0.704. The molecule has 0 amide bonds. The Bertz CT molecular complexity index is 893. The molecule has 0 aromatic heterocycles. The maximum absolute atomic E-state index is 6.13. The Balaban J connectivity index is 1.08. The van der Waals surface area contributed by atoms with E-state index in [9.17, 15) is 0 Å². The van der Waals surface area contributed by atoms with Gasteiger partial charge in [-0.15, -0.1) is 8.58 Å². The summed E-state index contributed by atoms with van der Waals surface area (Å²) < 4.78 is 12.3. The average Bonchev–Trinajstić information content (AvgIpc) is 3.40. The van der Waals surface area contributed by atoms with Crippen LogP contribution in [-0.2, 0) is 22.3 Å². The fourth-order valence-corrected chi connectivity index (χ4v) is 5.67. The van der Waals surface area contributed by atoms with Crippen molar-refractivity contribution in [3.63, 3.8) is 0 Å². The number of fused-ring (bicyclic) bond motifs is 6. The van der Waals surface area contributed by atoms with Gasteiger partial charge in [0.25, 0.3) is 0 Å². The molecule has 2 aliphatic carbocycles. The van der Waals surface area contributed by atoms with Gasteiger partial charge < -0.3 is 9.47 Å². The minimum absolute atomic E-state index is 0.205. The Morgan fingerprint density at radius 3 is 1.74 bits per heavy atom. The van der Waals surface area contributed by atoms with E-state index < -0.39 is 0 Å². The van der Waals surface area contributed by atoms with Crippen LogP contribution < -0.4 is 0 Å². The van der Waals surface area contributed by atoms with Crippen LogP contribution in [0.3, 0.4) is 0 Å². The predicted octanol–water partition coefficient (Wildman–Crippen LogP) is 3.85. The van der Waals surface area contributed by atoms with Gasteiger partial charge >= 0.3 is 0 Å². The molecule has 0 saturated heterocycles. The Hall–Kier alpha value is -2.19. The molecule has 2 aliphatic heterocycles. The highest BCUT2D eigenvalue weighted by Gasteiger charge is 2.40. The second-order valence-corrected chi connectivity index (χ2v) is 8.86. The number of nitrogens with zero attached hydrogens (tertiary/aromatic N) is 2. The first-order chi connectivity index (χ1) is 13.3. The van der Waals surface area contributed by atoms with Gasteiger partial charge in [0.1, 0.15) is 24.3 Å². The molecule has 27 heavy (non-hydrogen) atoms. The molecule has 0 spiro atoms. The van der Waals surface area contributed by atoms with Gasteiger partial charge in [0.15, 0.2) is 11.8 Å². The van der Waals surface area contributed by atoms with Gasteiger partial charge in [0.05, 0.1) is 0 Å². The molecule has 2 heterocycles. The molecule has 136 valence electrons. The number of aliphatic imine (C=N–C) groups is 2. The first-order valence-electron chi connectivity index (χ1n) is 9.68. The maximum atomic E-state index is 6.13. The quantitative estimate of drug-likeness (QED) is 0.761. The SMILES string of the molecule is c1ccc2c(c1)C[C@@H]1OC(CPCC3=N[C@H]4c5ccccc5C[C@H]4O3)=N[C@H]21. The smallest absolute Gasteiger partial charge is 0.188 e. The van der Waals surface area contributed by atoms with Crippen LogP contribution in [0.4, 0.5) is 0 Å². The molecule has 5 atom stereocenters. The lowest BCUT2D eigenvalue weighted by atomic mass is 10.1. The summed E-state index contributed by atoms with van der Waals surface area (Å²) in [5.41, 5.74) is 5.46. The Morgan fingerprint density at radius 2 is 1.22 bits per heavy atom. The van der Waals surface area contributed by atoms with E-state index >= 15 is 0 Å². The van der Waals surface area contributed by atoms with Crippen LogP contribution in [0.25, 0.3) is 0 Å². The molecule has 4 nitrogen and oxygen atoms in total. The molecule has 6 rings (SSSR count). The van der Waals surface area contributed by atoms with Crippen molar-refractivity contribution in [3.05, 3.63) is 70.8 Å². The van der Waals surface area contributed by atoms with Gasteiger partial charge in [-0.1, -0.05) is 48.5 Å². The lowest BCUT2D eigenvalue weighted by Crippen LogP contribution is -2.15. The van der Waals surface area contributed by atoms with Crippen LogP contribution in [0.1, 0.15) is 34.3 Å². The minimum atomic E-state index is 0.205. The highest BCUT2D eigenvalue weighted by Crippen LogP contribution is 2.42. The van der Waals surface area contributed by atoms with Crippen LogP contribution in [-0.4, -0.2) is 36.3 Å². The topological polar surface area (TPSA) is 43.2 Å². The van der Waals surface area contributed by atoms with Crippen molar-refractivity contribution >= 4 is 20.4 Å². The van der Waals surface area contributed by atoms with Crippen LogP contribution >= 0.6 is 8.58 Å². The molecule has 0 fully saturated rings. The Labute approximate surface area is 160 Å². The number of hydrogen-bond donors (Lipinski definition) is 0. The molecular formula is C22H21N2O2P. The zero-order valence-electron chi connectivity index (χ0n) is 15.0. The summed E-state index contributed by atoms with van der Waals surface area (Å²) >= 11 is 0. The Kier molecular flexibility index (Phi) is 3.62. The fourth-order valence-electron chi connectivity index (χ4n) is 4.76. The zero-order chi connectivity index (χ0) is 17.8. The summed E-state index contributed by atoms with van der Waals surface area (Å²) in [6.45, 7) is 0. The van der Waals surface area contributed by atoms with Gasteiger partial charge in [-0.2, -0.15) is 0 Å². The van der Waals surface area contributed by atoms with E-state index in [0.29, 0.717) is 8.58 Å². The van der Waals surface area contributed by atoms with E-state index in [1.165, 1.54) is 22.3 Å². The van der Waals surface area contributed by atoms with Crippen molar-refractivity contribution in [2.24, 2.45) is 9.98 Å². The number of ether oxygens (including phenoxy) is 2. The first-order valence-corrected chi connectivity index (χ1v) is 11.1. The lowest BCUT2D eigenvalue weighted by Gasteiger charge is -2.10. The zero-order valence-corrected chi connectivity index (χ0v) is 16.0. The van der Waals surface area contributed by atoms with Gasteiger partial charge in [-0.05, 0) is 22.3 Å². The normalized spacial score (nSPS) is 29.6. The summed E-state index contributed by atoms with van der Waals surface area (Å²) in [4.78, 5) is 9.73. The van der Waals surface area contributed by atoms with E-state index in [-0.39, 0.29) is 24.3 Å².